The highest BCUT2D eigenvalue weighted by atomic mass is 16.2. The fraction of sp³-hybridized carbons (Fsp3) is 0.667. The van der Waals surface area contributed by atoms with Crippen molar-refractivity contribution in [3.05, 3.63) is 11.8 Å². The molecule has 88 valence electrons. The van der Waals surface area contributed by atoms with E-state index in [9.17, 15) is 9.59 Å². The first-order chi connectivity index (χ1) is 7.52. The molecule has 16 heavy (non-hydrogen) atoms. The van der Waals surface area contributed by atoms with Crippen LogP contribution in [0.25, 0.3) is 0 Å². The number of amides is 2. The van der Waals surface area contributed by atoms with Crippen molar-refractivity contribution < 1.29 is 9.59 Å². The van der Waals surface area contributed by atoms with Crippen LogP contribution < -0.4 is 0 Å². The Morgan fingerprint density at radius 2 is 2.06 bits per heavy atom. The average Bonchev–Trinajstić information content (AvgIpc) is 2.70. The molecule has 0 aliphatic carbocycles. The maximum atomic E-state index is 12.2. The lowest BCUT2D eigenvalue weighted by Crippen LogP contribution is -2.54. The van der Waals surface area contributed by atoms with E-state index in [1.807, 2.05) is 19.9 Å². The van der Waals surface area contributed by atoms with Gasteiger partial charge in [-0.25, -0.2) is 0 Å². The summed E-state index contributed by atoms with van der Waals surface area (Å²) in [5, 5.41) is 0. The Balaban J connectivity index is 2.34. The summed E-state index contributed by atoms with van der Waals surface area (Å²) in [5.41, 5.74) is 0.540. The first-order valence-electron chi connectivity index (χ1n) is 5.82. The lowest BCUT2D eigenvalue weighted by atomic mass is 10.1. The van der Waals surface area contributed by atoms with Crippen LogP contribution in [-0.4, -0.2) is 41.2 Å². The first kappa shape index (κ1) is 11.2. The number of carbonyl (C=O) groups excluding carboxylic acids is 2. The fourth-order valence-electron chi connectivity index (χ4n) is 2.40. The molecule has 2 heterocycles. The van der Waals surface area contributed by atoms with Crippen molar-refractivity contribution in [3.63, 3.8) is 0 Å². The Hall–Kier alpha value is -1.32. The Kier molecular flexibility index (Phi) is 2.74. The number of carbonyl (C=O) groups is 2. The molecule has 1 unspecified atom stereocenters. The van der Waals surface area contributed by atoms with Crippen LogP contribution in [0.1, 0.15) is 26.7 Å². The second kappa shape index (κ2) is 3.92. The van der Waals surface area contributed by atoms with Crippen molar-refractivity contribution in [2.75, 3.05) is 13.6 Å². The molecule has 0 bridgehead atoms. The molecule has 0 aromatic heterocycles. The molecule has 2 amide bonds. The van der Waals surface area contributed by atoms with Crippen LogP contribution >= 0.6 is 0 Å². The Morgan fingerprint density at radius 3 is 2.69 bits per heavy atom. The monoisotopic (exact) mass is 222 g/mol. The minimum atomic E-state index is -0.207. The predicted octanol–water partition coefficient (Wildman–Crippen LogP) is 0.989. The van der Waals surface area contributed by atoms with Gasteiger partial charge in [0.15, 0.2) is 0 Å². The van der Waals surface area contributed by atoms with Crippen LogP contribution in [0.2, 0.25) is 0 Å². The Morgan fingerprint density at radius 1 is 1.38 bits per heavy atom. The summed E-state index contributed by atoms with van der Waals surface area (Å²) >= 11 is 0. The average molecular weight is 222 g/mol. The summed E-state index contributed by atoms with van der Waals surface area (Å²) in [6, 6.07) is -0.207. The molecule has 0 saturated carbocycles. The fourth-order valence-corrected chi connectivity index (χ4v) is 2.40. The van der Waals surface area contributed by atoms with Gasteiger partial charge in [-0.3, -0.25) is 9.59 Å². The molecule has 2 saturated heterocycles. The van der Waals surface area contributed by atoms with Crippen molar-refractivity contribution in [1.29, 1.82) is 0 Å². The van der Waals surface area contributed by atoms with Crippen LogP contribution in [-0.2, 0) is 9.59 Å². The second-order valence-electron chi connectivity index (χ2n) is 4.85. The Labute approximate surface area is 95.9 Å². The summed E-state index contributed by atoms with van der Waals surface area (Å²) in [6.45, 7) is 4.74. The molecule has 2 aliphatic rings. The maximum Gasteiger partial charge on any atom is 0.270 e. The second-order valence-corrected chi connectivity index (χ2v) is 4.85. The summed E-state index contributed by atoms with van der Waals surface area (Å²) in [5.74, 6) is 0.343. The van der Waals surface area contributed by atoms with E-state index >= 15 is 0 Å². The van der Waals surface area contributed by atoms with Gasteiger partial charge in [0.2, 0.25) is 5.91 Å². The highest BCUT2D eigenvalue weighted by Crippen LogP contribution is 2.28. The molecule has 1 atom stereocenters. The standard InChI is InChI=1S/C12H18N2O2/c1-8(2)7-10-12(16)14-6-4-5-9(14)11(15)13(10)3/h7-9H,4-6H2,1-3H3/b10-7+. The molecule has 0 aromatic rings. The van der Waals surface area contributed by atoms with Gasteiger partial charge in [0.05, 0.1) is 0 Å². The molecule has 2 aliphatic heterocycles. The van der Waals surface area contributed by atoms with Gasteiger partial charge < -0.3 is 9.80 Å². The third-order valence-corrected chi connectivity index (χ3v) is 3.20. The third-order valence-electron chi connectivity index (χ3n) is 3.20. The van der Waals surface area contributed by atoms with E-state index in [0.717, 1.165) is 19.4 Å². The van der Waals surface area contributed by atoms with E-state index in [1.165, 1.54) is 4.90 Å². The van der Waals surface area contributed by atoms with Crippen molar-refractivity contribution in [3.8, 4) is 0 Å². The molecule has 0 aromatic carbocycles. The van der Waals surface area contributed by atoms with Gasteiger partial charge in [-0.2, -0.15) is 0 Å². The van der Waals surface area contributed by atoms with Gasteiger partial charge >= 0.3 is 0 Å². The van der Waals surface area contributed by atoms with E-state index in [2.05, 4.69) is 0 Å². The van der Waals surface area contributed by atoms with Crippen molar-refractivity contribution in [2.45, 2.75) is 32.7 Å². The summed E-state index contributed by atoms with van der Waals surface area (Å²) in [6.07, 6.45) is 3.61. The Bertz CT molecular complexity index is 360. The van der Waals surface area contributed by atoms with Crippen LogP contribution in [0.4, 0.5) is 0 Å². The number of hydrogen-bond acceptors (Lipinski definition) is 2. The van der Waals surface area contributed by atoms with E-state index in [-0.39, 0.29) is 23.8 Å². The number of rotatable bonds is 1. The van der Waals surface area contributed by atoms with Crippen molar-refractivity contribution in [2.24, 2.45) is 5.92 Å². The van der Waals surface area contributed by atoms with E-state index in [4.69, 9.17) is 0 Å². The zero-order valence-electron chi connectivity index (χ0n) is 10.1. The molecule has 2 fully saturated rings. The molecule has 0 N–H and O–H groups in total. The van der Waals surface area contributed by atoms with Gasteiger partial charge in [-0.15, -0.1) is 0 Å². The predicted molar refractivity (Wildman–Crippen MR) is 60.4 cm³/mol. The van der Waals surface area contributed by atoms with Crippen LogP contribution in [0.15, 0.2) is 11.8 Å². The van der Waals surface area contributed by atoms with Gasteiger partial charge in [0.1, 0.15) is 11.7 Å². The zero-order chi connectivity index (χ0) is 11.9. The van der Waals surface area contributed by atoms with E-state index in [1.54, 1.807) is 11.9 Å². The zero-order valence-corrected chi connectivity index (χ0v) is 10.1. The molecule has 2 rings (SSSR count). The van der Waals surface area contributed by atoms with Crippen molar-refractivity contribution >= 4 is 11.8 Å². The summed E-state index contributed by atoms with van der Waals surface area (Å²) in [7, 11) is 1.70. The number of piperazine rings is 1. The van der Waals surface area contributed by atoms with E-state index < -0.39 is 0 Å². The smallest absolute Gasteiger partial charge is 0.270 e. The highest BCUT2D eigenvalue weighted by molar-refractivity contribution is 6.04. The van der Waals surface area contributed by atoms with Crippen LogP contribution in [0.5, 0.6) is 0 Å². The lowest BCUT2D eigenvalue weighted by molar-refractivity contribution is -0.147. The number of hydrogen-bond donors (Lipinski definition) is 0. The molecule has 0 spiro atoms. The molecular weight excluding hydrogens is 204 g/mol. The van der Waals surface area contributed by atoms with Gasteiger partial charge in [-0.05, 0) is 18.8 Å². The first-order valence-corrected chi connectivity index (χ1v) is 5.82. The molecule has 0 radical (unpaired) electrons. The van der Waals surface area contributed by atoms with Gasteiger partial charge in [0, 0.05) is 13.6 Å². The minimum absolute atomic E-state index is 0.0123. The summed E-state index contributed by atoms with van der Waals surface area (Å²) < 4.78 is 0. The van der Waals surface area contributed by atoms with Gasteiger partial charge in [-0.1, -0.05) is 19.9 Å². The quantitative estimate of drug-likeness (QED) is 0.621. The highest BCUT2D eigenvalue weighted by Gasteiger charge is 2.43. The lowest BCUT2D eigenvalue weighted by Gasteiger charge is -2.36. The molecular formula is C12H18N2O2. The topological polar surface area (TPSA) is 40.6 Å². The molecule has 4 heteroatoms. The third kappa shape index (κ3) is 1.62. The van der Waals surface area contributed by atoms with Gasteiger partial charge in [0.25, 0.3) is 5.91 Å². The number of likely N-dealkylation sites (N-methyl/N-ethyl adjacent to an activating group) is 1. The normalized spacial score (nSPS) is 28.2. The maximum absolute atomic E-state index is 12.2. The number of nitrogens with zero attached hydrogens (tertiary/aromatic N) is 2. The number of allylic oxidation sites excluding steroid dienone is 1. The number of fused-ring (bicyclic) bond motifs is 1. The van der Waals surface area contributed by atoms with Crippen LogP contribution in [0, 0.1) is 5.92 Å². The van der Waals surface area contributed by atoms with Crippen LogP contribution in [0.3, 0.4) is 0 Å². The molecule has 4 nitrogen and oxygen atoms in total. The van der Waals surface area contributed by atoms with Crippen molar-refractivity contribution in [1.82, 2.24) is 9.80 Å². The SMILES string of the molecule is CC(C)/C=C1\C(=O)N2CCCC2C(=O)N1C. The largest absolute Gasteiger partial charge is 0.325 e. The minimum Gasteiger partial charge on any atom is -0.325 e. The van der Waals surface area contributed by atoms with E-state index in [0.29, 0.717) is 5.70 Å². The summed E-state index contributed by atoms with van der Waals surface area (Å²) in [4.78, 5) is 27.4.